The van der Waals surface area contributed by atoms with Crippen LogP contribution in [0.2, 0.25) is 0 Å². The first-order valence-corrected chi connectivity index (χ1v) is 7.42. The van der Waals surface area contributed by atoms with Crippen molar-refractivity contribution >= 4 is 5.69 Å². The third-order valence-electron chi connectivity index (χ3n) is 4.46. The smallest absolute Gasteiger partial charge is 0.123 e. The lowest BCUT2D eigenvalue weighted by Crippen LogP contribution is -2.44. The van der Waals surface area contributed by atoms with Gasteiger partial charge in [-0.25, -0.2) is 4.39 Å². The Hall–Kier alpha value is -1.13. The first-order chi connectivity index (χ1) is 9.54. The highest BCUT2D eigenvalue weighted by atomic mass is 19.1. The van der Waals surface area contributed by atoms with Gasteiger partial charge < -0.3 is 15.3 Å². The van der Waals surface area contributed by atoms with E-state index in [2.05, 4.69) is 10.2 Å². The molecule has 2 rings (SSSR count). The lowest BCUT2D eigenvalue weighted by molar-refractivity contribution is 0.106. The number of aliphatic hydroxyl groups is 1. The van der Waals surface area contributed by atoms with Crippen molar-refractivity contribution in [3.05, 3.63) is 29.6 Å². The molecule has 0 amide bonds. The minimum Gasteiger partial charge on any atom is -0.391 e. The van der Waals surface area contributed by atoms with Crippen LogP contribution in [0, 0.1) is 5.82 Å². The van der Waals surface area contributed by atoms with Crippen molar-refractivity contribution in [3.8, 4) is 0 Å². The van der Waals surface area contributed by atoms with E-state index in [4.69, 9.17) is 0 Å². The lowest BCUT2D eigenvalue weighted by Gasteiger charge is -2.38. The average molecular weight is 280 g/mol. The van der Waals surface area contributed by atoms with Gasteiger partial charge in [0.25, 0.3) is 0 Å². The largest absolute Gasteiger partial charge is 0.391 e. The summed E-state index contributed by atoms with van der Waals surface area (Å²) in [5.74, 6) is -0.219. The van der Waals surface area contributed by atoms with Crippen LogP contribution >= 0.6 is 0 Å². The zero-order chi connectivity index (χ0) is 14.7. The summed E-state index contributed by atoms with van der Waals surface area (Å²) >= 11 is 0. The average Bonchev–Trinajstić information content (AvgIpc) is 2.46. The molecular formula is C16H25FN2O. The highest BCUT2D eigenvalue weighted by molar-refractivity contribution is 5.55. The van der Waals surface area contributed by atoms with E-state index in [1.165, 1.54) is 6.07 Å². The van der Waals surface area contributed by atoms with Crippen LogP contribution in [-0.4, -0.2) is 31.3 Å². The zero-order valence-corrected chi connectivity index (χ0v) is 12.6. The lowest BCUT2D eigenvalue weighted by atomic mass is 9.90. The van der Waals surface area contributed by atoms with Gasteiger partial charge in [0.15, 0.2) is 0 Å². The van der Waals surface area contributed by atoms with Gasteiger partial charge in [0, 0.05) is 18.8 Å². The van der Waals surface area contributed by atoms with Crippen LogP contribution in [0.5, 0.6) is 0 Å². The molecule has 0 bridgehead atoms. The van der Waals surface area contributed by atoms with Crippen molar-refractivity contribution < 1.29 is 9.50 Å². The molecule has 0 saturated heterocycles. The maximum atomic E-state index is 13.5. The van der Waals surface area contributed by atoms with Gasteiger partial charge in [-0.1, -0.05) is 12.8 Å². The van der Waals surface area contributed by atoms with Crippen LogP contribution in [-0.2, 0) is 0 Å². The molecule has 0 radical (unpaired) electrons. The molecule has 2 N–H and O–H groups in total. The Morgan fingerprint density at radius 2 is 2.05 bits per heavy atom. The van der Waals surface area contributed by atoms with E-state index in [-0.39, 0.29) is 24.0 Å². The van der Waals surface area contributed by atoms with Gasteiger partial charge >= 0.3 is 0 Å². The van der Waals surface area contributed by atoms with Gasteiger partial charge in [-0.2, -0.15) is 0 Å². The topological polar surface area (TPSA) is 35.5 Å². The molecule has 20 heavy (non-hydrogen) atoms. The van der Waals surface area contributed by atoms with Gasteiger partial charge in [0.05, 0.1) is 12.1 Å². The second-order valence-corrected chi connectivity index (χ2v) is 5.74. The molecule has 0 aromatic heterocycles. The number of likely N-dealkylation sites (N-methyl/N-ethyl adjacent to an activating group) is 1. The molecule has 1 fully saturated rings. The van der Waals surface area contributed by atoms with Crippen LogP contribution in [0.4, 0.5) is 10.1 Å². The molecule has 1 aliphatic rings. The van der Waals surface area contributed by atoms with Gasteiger partial charge in [0.1, 0.15) is 5.82 Å². The SMILES string of the molecule is CNC(C)c1cc(F)ccc1N(C)C1CCCCC1O. The van der Waals surface area contributed by atoms with Gasteiger partial charge in [-0.15, -0.1) is 0 Å². The molecule has 0 aliphatic heterocycles. The summed E-state index contributed by atoms with van der Waals surface area (Å²) in [7, 11) is 3.87. The van der Waals surface area contributed by atoms with E-state index in [0.29, 0.717) is 0 Å². The van der Waals surface area contributed by atoms with E-state index < -0.39 is 0 Å². The molecule has 1 aromatic rings. The number of rotatable bonds is 4. The fraction of sp³-hybridized carbons (Fsp3) is 0.625. The van der Waals surface area contributed by atoms with Gasteiger partial charge in [0.2, 0.25) is 0 Å². The van der Waals surface area contributed by atoms with E-state index in [1.807, 2.05) is 27.1 Å². The molecule has 4 heteroatoms. The first-order valence-electron chi connectivity index (χ1n) is 7.42. The fourth-order valence-electron chi connectivity index (χ4n) is 3.07. The number of nitrogens with one attached hydrogen (secondary N) is 1. The summed E-state index contributed by atoms with van der Waals surface area (Å²) in [6.45, 7) is 2.02. The van der Waals surface area contributed by atoms with E-state index in [1.54, 1.807) is 6.07 Å². The van der Waals surface area contributed by atoms with Crippen molar-refractivity contribution in [3.63, 3.8) is 0 Å². The minimum absolute atomic E-state index is 0.0730. The summed E-state index contributed by atoms with van der Waals surface area (Å²) in [5.41, 5.74) is 1.94. The van der Waals surface area contributed by atoms with Crippen molar-refractivity contribution in [2.45, 2.75) is 50.8 Å². The molecule has 112 valence electrons. The standard InChI is InChI=1S/C16H25FN2O/c1-11(18-2)13-10-12(17)8-9-14(13)19(3)15-6-4-5-7-16(15)20/h8-11,15-16,18,20H,4-7H2,1-3H3. The van der Waals surface area contributed by atoms with Gasteiger partial charge in [-0.05, 0) is 50.6 Å². The fourth-order valence-corrected chi connectivity index (χ4v) is 3.07. The van der Waals surface area contributed by atoms with Crippen molar-refractivity contribution in [2.24, 2.45) is 0 Å². The summed E-state index contributed by atoms with van der Waals surface area (Å²) in [5, 5.41) is 13.4. The molecule has 0 heterocycles. The molecular weight excluding hydrogens is 255 g/mol. The minimum atomic E-state index is -0.295. The van der Waals surface area contributed by atoms with Gasteiger partial charge in [-0.3, -0.25) is 0 Å². The van der Waals surface area contributed by atoms with Crippen LogP contribution in [0.1, 0.15) is 44.2 Å². The number of benzene rings is 1. The zero-order valence-electron chi connectivity index (χ0n) is 12.6. The predicted octanol–water partition coefficient (Wildman–Crippen LogP) is 2.85. The van der Waals surface area contributed by atoms with Crippen LogP contribution in [0.3, 0.4) is 0 Å². The number of halogens is 1. The molecule has 3 nitrogen and oxygen atoms in total. The van der Waals surface area contributed by atoms with E-state index in [0.717, 1.165) is 36.9 Å². The number of nitrogens with zero attached hydrogens (tertiary/aromatic N) is 1. The predicted molar refractivity (Wildman–Crippen MR) is 80.5 cm³/mol. The number of anilines is 1. The monoisotopic (exact) mass is 280 g/mol. The van der Waals surface area contributed by atoms with Crippen LogP contribution < -0.4 is 10.2 Å². The second kappa shape index (κ2) is 6.55. The number of hydrogen-bond acceptors (Lipinski definition) is 3. The first kappa shape index (κ1) is 15.3. The van der Waals surface area contributed by atoms with Crippen LogP contribution in [0.25, 0.3) is 0 Å². The van der Waals surface area contributed by atoms with Crippen molar-refractivity contribution in [1.29, 1.82) is 0 Å². The third-order valence-corrected chi connectivity index (χ3v) is 4.46. The second-order valence-electron chi connectivity index (χ2n) is 5.74. The Morgan fingerprint density at radius 3 is 2.70 bits per heavy atom. The van der Waals surface area contributed by atoms with E-state index in [9.17, 15) is 9.50 Å². The maximum absolute atomic E-state index is 13.5. The van der Waals surface area contributed by atoms with E-state index >= 15 is 0 Å². The Bertz CT molecular complexity index is 452. The highest BCUT2D eigenvalue weighted by Crippen LogP contribution is 2.32. The van der Waals surface area contributed by atoms with Crippen molar-refractivity contribution in [1.82, 2.24) is 5.32 Å². The molecule has 3 atom stereocenters. The third kappa shape index (κ3) is 3.13. The Morgan fingerprint density at radius 1 is 1.35 bits per heavy atom. The number of aliphatic hydroxyl groups excluding tert-OH is 1. The Kier molecular flexibility index (Phi) is 5.00. The highest BCUT2D eigenvalue weighted by Gasteiger charge is 2.28. The summed E-state index contributed by atoms with van der Waals surface area (Å²) in [6.07, 6.45) is 3.78. The molecule has 1 aliphatic carbocycles. The quantitative estimate of drug-likeness (QED) is 0.890. The molecule has 0 spiro atoms. The molecule has 3 unspecified atom stereocenters. The van der Waals surface area contributed by atoms with Crippen molar-refractivity contribution in [2.75, 3.05) is 19.0 Å². The molecule has 1 aromatic carbocycles. The van der Waals surface area contributed by atoms with Crippen LogP contribution in [0.15, 0.2) is 18.2 Å². The summed E-state index contributed by atoms with van der Waals surface area (Å²) in [4.78, 5) is 2.12. The maximum Gasteiger partial charge on any atom is 0.123 e. The number of hydrogen-bond donors (Lipinski definition) is 2. The normalized spacial score (nSPS) is 24.4. The Balaban J connectivity index is 2.30. The summed E-state index contributed by atoms with van der Waals surface area (Å²) < 4.78 is 13.5. The Labute approximate surface area is 120 Å². The molecule has 1 saturated carbocycles. The summed E-state index contributed by atoms with van der Waals surface area (Å²) in [6, 6.07) is 5.09.